The number of hydrogen-bond donors (Lipinski definition) is 0. The fourth-order valence-electron chi connectivity index (χ4n) is 1.25. The topological polar surface area (TPSA) is 47.4 Å². The summed E-state index contributed by atoms with van der Waals surface area (Å²) in [4.78, 5) is 13.5. The van der Waals surface area contributed by atoms with Crippen LogP contribution in [0.3, 0.4) is 0 Å². The number of ketones is 1. The normalized spacial score (nSPS) is 10.6. The molecule has 1 rings (SSSR count). The summed E-state index contributed by atoms with van der Waals surface area (Å²) >= 11 is 0. The molecule has 0 N–H and O–H groups in total. The molecule has 1 heterocycles. The Bertz CT molecular complexity index is 331. The molecule has 0 amide bonds. The van der Waals surface area contributed by atoms with Crippen molar-refractivity contribution in [1.29, 1.82) is 0 Å². The predicted molar refractivity (Wildman–Crippen MR) is 52.6 cm³/mol. The third-order valence-electron chi connectivity index (χ3n) is 1.85. The van der Waals surface area contributed by atoms with E-state index in [9.17, 15) is 4.79 Å². The zero-order chi connectivity index (χ0) is 10.7. The molecule has 5 nitrogen and oxygen atoms in total. The van der Waals surface area contributed by atoms with Gasteiger partial charge < -0.3 is 9.64 Å². The molecule has 0 radical (unpaired) electrons. The van der Waals surface area contributed by atoms with Gasteiger partial charge in [-0.3, -0.25) is 9.48 Å². The second kappa shape index (κ2) is 4.23. The number of aryl methyl sites for hydroxylation is 1. The molecule has 14 heavy (non-hydrogen) atoms. The molecule has 1 aromatic rings. The molecule has 0 atom stereocenters. The van der Waals surface area contributed by atoms with Gasteiger partial charge in [0.15, 0.2) is 11.5 Å². The highest BCUT2D eigenvalue weighted by atomic mass is 16.5. The van der Waals surface area contributed by atoms with Crippen molar-refractivity contribution in [3.8, 4) is 5.75 Å². The minimum Gasteiger partial charge on any atom is -0.493 e. The molecule has 0 saturated carbocycles. The van der Waals surface area contributed by atoms with E-state index in [4.69, 9.17) is 4.74 Å². The van der Waals surface area contributed by atoms with Gasteiger partial charge in [-0.05, 0) is 14.1 Å². The monoisotopic (exact) mass is 197 g/mol. The maximum absolute atomic E-state index is 11.7. The van der Waals surface area contributed by atoms with Crippen LogP contribution in [0.15, 0.2) is 6.20 Å². The summed E-state index contributed by atoms with van der Waals surface area (Å²) in [7, 11) is 6.95. The molecule has 0 unspecified atom stereocenters. The van der Waals surface area contributed by atoms with Crippen LogP contribution >= 0.6 is 0 Å². The van der Waals surface area contributed by atoms with Crippen molar-refractivity contribution in [1.82, 2.24) is 14.7 Å². The number of ether oxygens (including phenoxy) is 1. The van der Waals surface area contributed by atoms with E-state index in [1.807, 2.05) is 19.0 Å². The van der Waals surface area contributed by atoms with E-state index in [0.717, 1.165) is 0 Å². The number of rotatable bonds is 4. The van der Waals surface area contributed by atoms with E-state index >= 15 is 0 Å². The van der Waals surface area contributed by atoms with Crippen LogP contribution in [0.1, 0.15) is 10.5 Å². The average molecular weight is 197 g/mol. The third kappa shape index (κ3) is 2.11. The molecule has 78 valence electrons. The van der Waals surface area contributed by atoms with Gasteiger partial charge in [0, 0.05) is 7.05 Å². The van der Waals surface area contributed by atoms with Gasteiger partial charge in [-0.15, -0.1) is 0 Å². The van der Waals surface area contributed by atoms with Crippen LogP contribution in [0.2, 0.25) is 0 Å². The minimum atomic E-state index is 0.00634. The Morgan fingerprint density at radius 1 is 1.64 bits per heavy atom. The second-order valence-electron chi connectivity index (χ2n) is 3.35. The van der Waals surface area contributed by atoms with Gasteiger partial charge in [0.1, 0.15) is 5.69 Å². The lowest BCUT2D eigenvalue weighted by Crippen LogP contribution is -2.23. The van der Waals surface area contributed by atoms with Crippen LogP contribution in [0, 0.1) is 0 Å². The van der Waals surface area contributed by atoms with Crippen LogP contribution in [-0.4, -0.2) is 48.2 Å². The van der Waals surface area contributed by atoms with Gasteiger partial charge in [-0.1, -0.05) is 0 Å². The molecule has 0 saturated heterocycles. The summed E-state index contributed by atoms with van der Waals surface area (Å²) < 4.78 is 6.58. The lowest BCUT2D eigenvalue weighted by atomic mass is 10.2. The summed E-state index contributed by atoms with van der Waals surface area (Å²) in [5.74, 6) is 0.534. The average Bonchev–Trinajstić information content (AvgIpc) is 2.45. The quantitative estimate of drug-likeness (QED) is 0.646. The highest BCUT2D eigenvalue weighted by molar-refractivity contribution is 5.98. The molecule has 5 heteroatoms. The van der Waals surface area contributed by atoms with E-state index in [-0.39, 0.29) is 5.78 Å². The maximum Gasteiger partial charge on any atom is 0.198 e. The van der Waals surface area contributed by atoms with Gasteiger partial charge >= 0.3 is 0 Å². The molecular formula is C9H15N3O2. The largest absolute Gasteiger partial charge is 0.493 e. The highest BCUT2D eigenvalue weighted by Gasteiger charge is 2.17. The third-order valence-corrected chi connectivity index (χ3v) is 1.85. The van der Waals surface area contributed by atoms with Crippen molar-refractivity contribution in [3.63, 3.8) is 0 Å². The standard InChI is InChI=1S/C9H15N3O2/c1-11(2)6-7(13)9-8(14-4)5-10-12(9)3/h5H,6H2,1-4H3. The SMILES string of the molecule is COc1cnn(C)c1C(=O)CN(C)C. The van der Waals surface area contributed by atoms with Crippen LogP contribution in [0.4, 0.5) is 0 Å². The molecule has 0 aliphatic rings. The smallest absolute Gasteiger partial charge is 0.198 e. The number of likely N-dealkylation sites (N-methyl/N-ethyl adjacent to an activating group) is 1. The number of aromatic nitrogens is 2. The van der Waals surface area contributed by atoms with E-state index < -0.39 is 0 Å². The van der Waals surface area contributed by atoms with E-state index in [1.165, 1.54) is 11.8 Å². The molecule has 0 aliphatic carbocycles. The molecule has 1 aromatic heterocycles. The van der Waals surface area contributed by atoms with E-state index in [2.05, 4.69) is 5.10 Å². The van der Waals surface area contributed by atoms with Crippen LogP contribution in [0.5, 0.6) is 5.75 Å². The second-order valence-corrected chi connectivity index (χ2v) is 3.35. The number of hydrogen-bond acceptors (Lipinski definition) is 4. The van der Waals surface area contributed by atoms with Gasteiger partial charge in [0.05, 0.1) is 19.9 Å². The Balaban J connectivity index is 2.93. The number of methoxy groups -OCH3 is 1. The first-order chi connectivity index (χ1) is 6.56. The lowest BCUT2D eigenvalue weighted by molar-refractivity contribution is 0.0945. The summed E-state index contributed by atoms with van der Waals surface area (Å²) in [5, 5.41) is 3.97. The van der Waals surface area contributed by atoms with Crippen molar-refractivity contribution >= 4 is 5.78 Å². The number of Topliss-reactive ketones (excluding diaryl/α,β-unsaturated/α-hetero) is 1. The van der Waals surface area contributed by atoms with Crippen LogP contribution in [-0.2, 0) is 7.05 Å². The molecule has 0 fully saturated rings. The van der Waals surface area contributed by atoms with Gasteiger partial charge in [0.2, 0.25) is 0 Å². The lowest BCUT2D eigenvalue weighted by Gasteiger charge is -2.09. The Hall–Kier alpha value is -1.36. The van der Waals surface area contributed by atoms with E-state index in [0.29, 0.717) is 18.0 Å². The van der Waals surface area contributed by atoms with Crippen LogP contribution in [0.25, 0.3) is 0 Å². The van der Waals surface area contributed by atoms with Gasteiger partial charge in [-0.2, -0.15) is 5.10 Å². The summed E-state index contributed by atoms with van der Waals surface area (Å²) in [6.45, 7) is 0.357. The van der Waals surface area contributed by atoms with Gasteiger partial charge in [0.25, 0.3) is 0 Å². The number of nitrogens with zero attached hydrogens (tertiary/aromatic N) is 3. The van der Waals surface area contributed by atoms with E-state index in [1.54, 1.807) is 13.2 Å². The number of carbonyl (C=O) groups is 1. The summed E-state index contributed by atoms with van der Waals surface area (Å²) in [5.41, 5.74) is 0.515. The summed E-state index contributed by atoms with van der Waals surface area (Å²) in [6, 6.07) is 0. The first-order valence-corrected chi connectivity index (χ1v) is 4.30. The van der Waals surface area contributed by atoms with Crippen molar-refractivity contribution in [2.45, 2.75) is 0 Å². The fourth-order valence-corrected chi connectivity index (χ4v) is 1.25. The summed E-state index contributed by atoms with van der Waals surface area (Å²) in [6.07, 6.45) is 1.54. The Morgan fingerprint density at radius 2 is 2.29 bits per heavy atom. The molecule has 0 aliphatic heterocycles. The Labute approximate surface area is 83.3 Å². The zero-order valence-corrected chi connectivity index (χ0v) is 8.94. The van der Waals surface area contributed by atoms with Crippen molar-refractivity contribution < 1.29 is 9.53 Å². The molecule has 0 spiro atoms. The molecule has 0 aromatic carbocycles. The minimum absolute atomic E-state index is 0.00634. The van der Waals surface area contributed by atoms with Crippen LogP contribution < -0.4 is 4.74 Å². The highest BCUT2D eigenvalue weighted by Crippen LogP contribution is 2.16. The predicted octanol–water partition coefficient (Wildman–Crippen LogP) is 0.173. The Morgan fingerprint density at radius 3 is 2.79 bits per heavy atom. The van der Waals surface area contributed by atoms with Crippen molar-refractivity contribution in [2.75, 3.05) is 27.7 Å². The van der Waals surface area contributed by atoms with Crippen molar-refractivity contribution in [2.24, 2.45) is 7.05 Å². The molecular weight excluding hydrogens is 182 g/mol. The fraction of sp³-hybridized carbons (Fsp3) is 0.556. The Kier molecular flexibility index (Phi) is 3.24. The van der Waals surface area contributed by atoms with Crippen molar-refractivity contribution in [3.05, 3.63) is 11.9 Å². The van der Waals surface area contributed by atoms with Gasteiger partial charge in [-0.25, -0.2) is 0 Å². The maximum atomic E-state index is 11.7. The first kappa shape index (κ1) is 10.7. The first-order valence-electron chi connectivity index (χ1n) is 4.30. The number of carbonyl (C=O) groups excluding carboxylic acids is 1. The molecule has 0 bridgehead atoms. The zero-order valence-electron chi connectivity index (χ0n) is 8.94.